The zero-order valence-electron chi connectivity index (χ0n) is 36.3. The van der Waals surface area contributed by atoms with E-state index in [9.17, 15) is 9.59 Å². The Kier molecular flexibility index (Phi) is 34.7. The number of likely N-dealkylation sites (N-methyl/N-ethyl adjacent to an activating group) is 2. The second-order valence-electron chi connectivity index (χ2n) is 16.3. The van der Waals surface area contributed by atoms with E-state index in [2.05, 4.69) is 13.8 Å². The van der Waals surface area contributed by atoms with Crippen LogP contribution in [0.2, 0.25) is 0 Å². The molecule has 0 atom stereocenters. The predicted octanol–water partition coefficient (Wildman–Crippen LogP) is 13.9. The van der Waals surface area contributed by atoms with Crippen molar-refractivity contribution < 1.29 is 19.1 Å². The molecule has 0 aliphatic carbocycles. The molecule has 0 fully saturated rings. The van der Waals surface area contributed by atoms with E-state index in [1.54, 1.807) is 21.9 Å². The lowest BCUT2D eigenvalue weighted by atomic mass is 10.0. The second kappa shape index (κ2) is 37.7. The summed E-state index contributed by atoms with van der Waals surface area (Å²) in [5, 5.41) is 0. The summed E-state index contributed by atoms with van der Waals surface area (Å²) in [5.74, 6) is 0.908. The highest BCUT2D eigenvalue weighted by Gasteiger charge is 2.14. The highest BCUT2D eigenvalue weighted by Crippen LogP contribution is 2.26. The minimum atomic E-state index is -0.0413. The van der Waals surface area contributed by atoms with Crippen molar-refractivity contribution in [2.24, 2.45) is 0 Å². The van der Waals surface area contributed by atoms with Gasteiger partial charge in [0.1, 0.15) is 0 Å². The van der Waals surface area contributed by atoms with Crippen LogP contribution >= 0.6 is 0 Å². The molecule has 0 heterocycles. The first-order valence-corrected chi connectivity index (χ1v) is 23.3. The van der Waals surface area contributed by atoms with Crippen LogP contribution in [0, 0.1) is 0 Å². The molecule has 0 bridgehead atoms. The Morgan fingerprint density at radius 1 is 0.389 bits per heavy atom. The summed E-state index contributed by atoms with van der Waals surface area (Å²) in [6, 6.07) is 7.31. The number of hydrogen-bond acceptors (Lipinski definition) is 4. The van der Waals surface area contributed by atoms with Gasteiger partial charge in [0.05, 0.1) is 0 Å². The van der Waals surface area contributed by atoms with Gasteiger partial charge in [-0.3, -0.25) is 9.59 Å². The third-order valence-electron chi connectivity index (χ3n) is 11.1. The second-order valence-corrected chi connectivity index (χ2v) is 16.3. The van der Waals surface area contributed by atoms with Crippen LogP contribution in [0.5, 0.6) is 11.5 Å². The molecule has 314 valence electrons. The Labute approximate surface area is 335 Å². The average molecular weight is 757 g/mol. The highest BCUT2D eigenvalue weighted by molar-refractivity contribution is 5.78. The van der Waals surface area contributed by atoms with Gasteiger partial charge in [-0.2, -0.15) is 0 Å². The molecule has 0 radical (unpaired) electrons. The van der Waals surface area contributed by atoms with Crippen LogP contribution in [0.25, 0.3) is 0 Å². The van der Waals surface area contributed by atoms with Gasteiger partial charge >= 0.3 is 0 Å². The molecule has 0 N–H and O–H groups in total. The maximum Gasteiger partial charge on any atom is 0.260 e. The molecule has 1 rings (SSSR count). The maximum absolute atomic E-state index is 12.8. The molecule has 1 aromatic rings. The van der Waals surface area contributed by atoms with Gasteiger partial charge in [0.15, 0.2) is 24.7 Å². The number of ether oxygens (including phenoxy) is 2. The molecule has 6 nitrogen and oxygen atoms in total. The monoisotopic (exact) mass is 757 g/mol. The number of unbranched alkanes of at least 4 members (excludes halogenated alkanes) is 30. The fourth-order valence-electron chi connectivity index (χ4n) is 7.23. The smallest absolute Gasteiger partial charge is 0.260 e. The Bertz CT molecular complexity index is 908. The average Bonchev–Trinajstić information content (AvgIpc) is 3.18. The Hall–Kier alpha value is -2.24. The summed E-state index contributed by atoms with van der Waals surface area (Å²) in [5.41, 5.74) is 0. The van der Waals surface area contributed by atoms with Crippen molar-refractivity contribution in [2.75, 3.05) is 40.4 Å². The highest BCUT2D eigenvalue weighted by atomic mass is 16.5. The van der Waals surface area contributed by atoms with Gasteiger partial charge in [0, 0.05) is 27.2 Å². The quantitative estimate of drug-likeness (QED) is 0.0626. The number of carbonyl (C=O) groups excluding carboxylic acids is 2. The van der Waals surface area contributed by atoms with Crippen LogP contribution in [-0.4, -0.2) is 62.0 Å². The third kappa shape index (κ3) is 30.0. The fourth-order valence-corrected chi connectivity index (χ4v) is 7.23. The molecular formula is C48H88N2O4. The molecule has 0 unspecified atom stereocenters. The van der Waals surface area contributed by atoms with Crippen molar-refractivity contribution in [2.45, 2.75) is 219 Å². The SMILES string of the molecule is CCCCCCCCCCCCCCCCCCN(C)C(=O)COc1ccccc1OCC(=O)N(C)CCCCCCCCCCCCCCCCCC. The first-order chi connectivity index (χ1) is 26.5. The minimum absolute atomic E-state index is 0.0389. The summed E-state index contributed by atoms with van der Waals surface area (Å²) >= 11 is 0. The largest absolute Gasteiger partial charge is 0.480 e. The fraction of sp³-hybridized carbons (Fsp3) is 0.833. The van der Waals surface area contributed by atoms with Gasteiger partial charge in [-0.1, -0.05) is 219 Å². The van der Waals surface area contributed by atoms with Gasteiger partial charge in [-0.05, 0) is 25.0 Å². The van der Waals surface area contributed by atoms with Crippen molar-refractivity contribution >= 4 is 11.8 Å². The lowest BCUT2D eigenvalue weighted by Gasteiger charge is -2.19. The molecule has 54 heavy (non-hydrogen) atoms. The molecule has 0 aliphatic heterocycles. The van der Waals surface area contributed by atoms with Crippen LogP contribution in [-0.2, 0) is 9.59 Å². The first kappa shape index (κ1) is 49.8. The summed E-state index contributed by atoms with van der Waals surface area (Å²) in [6.07, 6.45) is 43.0. The van der Waals surface area contributed by atoms with E-state index in [1.807, 2.05) is 26.2 Å². The van der Waals surface area contributed by atoms with Crippen molar-refractivity contribution in [1.82, 2.24) is 9.80 Å². The minimum Gasteiger partial charge on any atom is -0.480 e. The van der Waals surface area contributed by atoms with Gasteiger partial charge in [-0.25, -0.2) is 0 Å². The lowest BCUT2D eigenvalue weighted by Crippen LogP contribution is -2.33. The van der Waals surface area contributed by atoms with Crippen LogP contribution in [0.15, 0.2) is 24.3 Å². The summed E-state index contributed by atoms with van der Waals surface area (Å²) in [4.78, 5) is 29.1. The number of amides is 2. The number of carbonyl (C=O) groups is 2. The van der Waals surface area contributed by atoms with Crippen LogP contribution in [0.3, 0.4) is 0 Å². The Balaban J connectivity index is 2.05. The van der Waals surface area contributed by atoms with E-state index >= 15 is 0 Å². The number of nitrogens with zero attached hydrogens (tertiary/aromatic N) is 2. The van der Waals surface area contributed by atoms with Crippen molar-refractivity contribution in [3.05, 3.63) is 24.3 Å². The van der Waals surface area contributed by atoms with Gasteiger partial charge in [-0.15, -0.1) is 0 Å². The number of rotatable bonds is 40. The van der Waals surface area contributed by atoms with Crippen molar-refractivity contribution in [1.29, 1.82) is 0 Å². The molecule has 0 aliphatic rings. The predicted molar refractivity (Wildman–Crippen MR) is 232 cm³/mol. The molecule has 0 aromatic heterocycles. The zero-order chi connectivity index (χ0) is 39.2. The van der Waals surface area contributed by atoms with Crippen molar-refractivity contribution in [3.8, 4) is 11.5 Å². The van der Waals surface area contributed by atoms with Crippen LogP contribution < -0.4 is 9.47 Å². The summed E-state index contributed by atoms with van der Waals surface area (Å²) in [7, 11) is 3.71. The Morgan fingerprint density at radius 3 is 0.852 bits per heavy atom. The zero-order valence-corrected chi connectivity index (χ0v) is 36.3. The van der Waals surface area contributed by atoms with Crippen molar-refractivity contribution in [3.63, 3.8) is 0 Å². The van der Waals surface area contributed by atoms with Gasteiger partial charge in [0.25, 0.3) is 11.8 Å². The number of hydrogen-bond donors (Lipinski definition) is 0. The van der Waals surface area contributed by atoms with E-state index in [-0.39, 0.29) is 25.0 Å². The molecular weight excluding hydrogens is 669 g/mol. The first-order valence-electron chi connectivity index (χ1n) is 23.3. The van der Waals surface area contributed by atoms with E-state index < -0.39 is 0 Å². The molecule has 6 heteroatoms. The summed E-state index contributed by atoms with van der Waals surface area (Å²) in [6.45, 7) is 5.99. The molecule has 0 saturated heterocycles. The van der Waals surface area contributed by atoms with Gasteiger partial charge in [0.2, 0.25) is 0 Å². The van der Waals surface area contributed by atoms with Crippen LogP contribution in [0.4, 0.5) is 0 Å². The lowest BCUT2D eigenvalue weighted by molar-refractivity contribution is -0.133. The van der Waals surface area contributed by atoms with Crippen LogP contribution in [0.1, 0.15) is 219 Å². The molecule has 0 saturated carbocycles. The molecule has 0 spiro atoms. The maximum atomic E-state index is 12.8. The Morgan fingerprint density at radius 2 is 0.611 bits per heavy atom. The molecule has 2 amide bonds. The van der Waals surface area contributed by atoms with E-state index in [4.69, 9.17) is 9.47 Å². The topological polar surface area (TPSA) is 59.1 Å². The summed E-state index contributed by atoms with van der Waals surface area (Å²) < 4.78 is 11.7. The standard InChI is InChI=1S/C48H88N2O4/c1-5-7-9-11-13-15-17-19-21-23-25-27-29-31-33-37-41-49(3)47(51)43-53-45-39-35-36-40-46(45)54-44-48(52)50(4)42-38-34-32-30-28-26-24-22-20-18-16-14-12-10-8-6-2/h35-36,39-40H,5-34,37-38,41-44H2,1-4H3. The third-order valence-corrected chi connectivity index (χ3v) is 11.1. The molecule has 1 aromatic carbocycles. The van der Waals surface area contributed by atoms with E-state index in [0.29, 0.717) is 11.5 Å². The van der Waals surface area contributed by atoms with E-state index in [0.717, 1.165) is 38.8 Å². The van der Waals surface area contributed by atoms with Gasteiger partial charge < -0.3 is 19.3 Å². The normalized spacial score (nSPS) is 11.2. The number of para-hydroxylation sites is 2. The van der Waals surface area contributed by atoms with E-state index in [1.165, 1.54) is 180 Å². The number of benzene rings is 1.